The van der Waals surface area contributed by atoms with Crippen LogP contribution < -0.4 is 10.6 Å². The van der Waals surface area contributed by atoms with Crippen LogP contribution >= 0.6 is 0 Å². The van der Waals surface area contributed by atoms with Crippen LogP contribution in [0.5, 0.6) is 0 Å². The highest BCUT2D eigenvalue weighted by Gasteiger charge is 2.01. The summed E-state index contributed by atoms with van der Waals surface area (Å²) in [7, 11) is 0. The molecule has 110 valence electrons. The fraction of sp³-hybridized carbons (Fsp3) is 0.500. The van der Waals surface area contributed by atoms with E-state index in [0.717, 1.165) is 24.8 Å². The van der Waals surface area contributed by atoms with Gasteiger partial charge in [0.05, 0.1) is 0 Å². The molecule has 0 radical (unpaired) electrons. The molecule has 0 aromatic heterocycles. The molecule has 0 unspecified atom stereocenters. The van der Waals surface area contributed by atoms with Gasteiger partial charge in [0.15, 0.2) is 0 Å². The second-order valence-corrected chi connectivity index (χ2v) is 5.06. The Kier molecular flexibility index (Phi) is 7.40. The first-order chi connectivity index (χ1) is 9.58. The molecule has 0 aliphatic carbocycles. The van der Waals surface area contributed by atoms with Crippen molar-refractivity contribution in [3.05, 3.63) is 35.4 Å². The first-order valence-corrected chi connectivity index (χ1v) is 7.14. The summed E-state index contributed by atoms with van der Waals surface area (Å²) in [4.78, 5) is 22.3. The average molecular weight is 276 g/mol. The zero-order valence-electron chi connectivity index (χ0n) is 12.4. The van der Waals surface area contributed by atoms with Crippen LogP contribution in [-0.2, 0) is 16.1 Å². The second-order valence-electron chi connectivity index (χ2n) is 5.06. The molecular weight excluding hydrogens is 252 g/mol. The van der Waals surface area contributed by atoms with E-state index in [4.69, 9.17) is 0 Å². The highest BCUT2D eigenvalue weighted by molar-refractivity contribution is 5.75. The van der Waals surface area contributed by atoms with Crippen molar-refractivity contribution in [1.29, 1.82) is 0 Å². The molecule has 0 spiro atoms. The summed E-state index contributed by atoms with van der Waals surface area (Å²) in [6, 6.07) is 8.13. The van der Waals surface area contributed by atoms with Gasteiger partial charge >= 0.3 is 0 Å². The van der Waals surface area contributed by atoms with Crippen LogP contribution in [0.3, 0.4) is 0 Å². The Labute approximate surface area is 121 Å². The normalized spacial score (nSPS) is 10.1. The Morgan fingerprint density at radius 1 is 1.10 bits per heavy atom. The van der Waals surface area contributed by atoms with Crippen molar-refractivity contribution in [2.24, 2.45) is 0 Å². The van der Waals surface area contributed by atoms with Gasteiger partial charge < -0.3 is 10.6 Å². The standard InChI is InChI=1S/C16H24N2O2/c1-13-7-6-8-15(11-13)12-18-16(20)9-4-3-5-10-17-14(2)19/h6-8,11H,3-5,9-10,12H2,1-2H3,(H,17,19)(H,18,20). The summed E-state index contributed by atoms with van der Waals surface area (Å²) in [6.45, 7) is 4.84. The highest BCUT2D eigenvalue weighted by Crippen LogP contribution is 2.04. The first kappa shape index (κ1) is 16.2. The van der Waals surface area contributed by atoms with Crippen molar-refractivity contribution < 1.29 is 9.59 Å². The Morgan fingerprint density at radius 3 is 2.60 bits per heavy atom. The molecule has 0 atom stereocenters. The maximum absolute atomic E-state index is 11.7. The summed E-state index contributed by atoms with van der Waals surface area (Å²) >= 11 is 0. The van der Waals surface area contributed by atoms with E-state index in [0.29, 0.717) is 19.5 Å². The van der Waals surface area contributed by atoms with E-state index in [2.05, 4.69) is 16.7 Å². The molecule has 1 aromatic rings. The van der Waals surface area contributed by atoms with E-state index in [9.17, 15) is 9.59 Å². The number of hydrogen-bond donors (Lipinski definition) is 2. The lowest BCUT2D eigenvalue weighted by Crippen LogP contribution is -2.23. The molecular formula is C16H24N2O2. The van der Waals surface area contributed by atoms with Crippen LogP contribution in [0.25, 0.3) is 0 Å². The SMILES string of the molecule is CC(=O)NCCCCCC(=O)NCc1cccc(C)c1. The molecule has 4 nitrogen and oxygen atoms in total. The molecule has 0 aliphatic heterocycles. The third-order valence-electron chi connectivity index (χ3n) is 3.03. The van der Waals surface area contributed by atoms with Crippen LogP contribution in [0.15, 0.2) is 24.3 Å². The van der Waals surface area contributed by atoms with Gasteiger partial charge in [-0.1, -0.05) is 36.2 Å². The number of nitrogens with one attached hydrogen (secondary N) is 2. The Balaban J connectivity index is 2.07. The minimum atomic E-state index is 0.000831. The fourth-order valence-corrected chi connectivity index (χ4v) is 1.96. The number of unbranched alkanes of at least 4 members (excludes halogenated alkanes) is 2. The van der Waals surface area contributed by atoms with Crippen LogP contribution in [-0.4, -0.2) is 18.4 Å². The van der Waals surface area contributed by atoms with Gasteiger partial charge in [-0.15, -0.1) is 0 Å². The summed E-state index contributed by atoms with van der Waals surface area (Å²) in [5, 5.41) is 5.67. The predicted octanol–water partition coefficient (Wildman–Crippen LogP) is 2.31. The van der Waals surface area contributed by atoms with Gasteiger partial charge in [-0.25, -0.2) is 0 Å². The maximum atomic E-state index is 11.7. The highest BCUT2D eigenvalue weighted by atomic mass is 16.2. The van der Waals surface area contributed by atoms with Gasteiger partial charge in [-0.2, -0.15) is 0 Å². The molecule has 2 N–H and O–H groups in total. The summed E-state index contributed by atoms with van der Waals surface area (Å²) < 4.78 is 0. The number of aryl methyl sites for hydroxylation is 1. The average Bonchev–Trinajstić information content (AvgIpc) is 2.40. The number of amides is 2. The van der Waals surface area contributed by atoms with E-state index in [1.165, 1.54) is 12.5 Å². The van der Waals surface area contributed by atoms with Gasteiger partial charge in [0.1, 0.15) is 0 Å². The third-order valence-corrected chi connectivity index (χ3v) is 3.03. The van der Waals surface area contributed by atoms with Gasteiger partial charge in [-0.3, -0.25) is 9.59 Å². The van der Waals surface area contributed by atoms with E-state index in [-0.39, 0.29) is 11.8 Å². The third kappa shape index (κ3) is 7.56. The van der Waals surface area contributed by atoms with Gasteiger partial charge in [0.25, 0.3) is 0 Å². The molecule has 0 heterocycles. The summed E-state index contributed by atoms with van der Waals surface area (Å²) in [5.74, 6) is 0.0898. The lowest BCUT2D eigenvalue weighted by atomic mass is 10.1. The maximum Gasteiger partial charge on any atom is 0.220 e. The predicted molar refractivity (Wildman–Crippen MR) is 80.2 cm³/mol. The Morgan fingerprint density at radius 2 is 1.90 bits per heavy atom. The van der Waals surface area contributed by atoms with Crippen molar-refractivity contribution in [2.45, 2.75) is 46.1 Å². The molecule has 0 saturated carbocycles. The molecule has 1 rings (SSSR count). The Bertz CT molecular complexity index is 444. The molecule has 4 heteroatoms. The van der Waals surface area contributed by atoms with Crippen molar-refractivity contribution in [3.8, 4) is 0 Å². The Hall–Kier alpha value is -1.84. The fourth-order valence-electron chi connectivity index (χ4n) is 1.96. The van der Waals surface area contributed by atoms with Crippen molar-refractivity contribution in [1.82, 2.24) is 10.6 Å². The minimum absolute atomic E-state index is 0.000831. The largest absolute Gasteiger partial charge is 0.356 e. The summed E-state index contributed by atoms with van der Waals surface area (Å²) in [6.07, 6.45) is 3.29. The summed E-state index contributed by atoms with van der Waals surface area (Å²) in [5.41, 5.74) is 2.33. The quantitative estimate of drug-likeness (QED) is 0.716. The molecule has 0 saturated heterocycles. The van der Waals surface area contributed by atoms with Gasteiger partial charge in [0.2, 0.25) is 11.8 Å². The second kappa shape index (κ2) is 9.13. The molecule has 20 heavy (non-hydrogen) atoms. The number of carbonyl (C=O) groups is 2. The number of carbonyl (C=O) groups excluding carboxylic acids is 2. The van der Waals surface area contributed by atoms with Gasteiger partial charge in [-0.05, 0) is 25.3 Å². The minimum Gasteiger partial charge on any atom is -0.356 e. The topological polar surface area (TPSA) is 58.2 Å². The number of rotatable bonds is 8. The van der Waals surface area contributed by atoms with E-state index < -0.39 is 0 Å². The molecule has 1 aromatic carbocycles. The van der Waals surface area contributed by atoms with Crippen molar-refractivity contribution in [3.63, 3.8) is 0 Å². The number of hydrogen-bond acceptors (Lipinski definition) is 2. The molecule has 0 aliphatic rings. The van der Waals surface area contributed by atoms with Crippen molar-refractivity contribution >= 4 is 11.8 Å². The first-order valence-electron chi connectivity index (χ1n) is 7.14. The van der Waals surface area contributed by atoms with E-state index >= 15 is 0 Å². The van der Waals surface area contributed by atoms with Crippen LogP contribution in [0.1, 0.15) is 43.7 Å². The monoisotopic (exact) mass is 276 g/mol. The molecule has 0 fully saturated rings. The van der Waals surface area contributed by atoms with Crippen molar-refractivity contribution in [2.75, 3.05) is 6.54 Å². The smallest absolute Gasteiger partial charge is 0.220 e. The van der Waals surface area contributed by atoms with E-state index in [1.54, 1.807) is 0 Å². The van der Waals surface area contributed by atoms with Gasteiger partial charge in [0, 0.05) is 26.4 Å². The van der Waals surface area contributed by atoms with E-state index in [1.807, 2.05) is 25.1 Å². The van der Waals surface area contributed by atoms with Crippen LogP contribution in [0.2, 0.25) is 0 Å². The molecule has 0 bridgehead atoms. The van der Waals surface area contributed by atoms with Crippen LogP contribution in [0.4, 0.5) is 0 Å². The lowest BCUT2D eigenvalue weighted by molar-refractivity contribution is -0.121. The van der Waals surface area contributed by atoms with Crippen LogP contribution in [0, 0.1) is 6.92 Å². The zero-order valence-corrected chi connectivity index (χ0v) is 12.4. The number of benzene rings is 1. The lowest BCUT2D eigenvalue weighted by Gasteiger charge is -2.06. The molecule has 2 amide bonds. The zero-order chi connectivity index (χ0) is 14.8.